The van der Waals surface area contributed by atoms with Gasteiger partial charge in [-0.2, -0.15) is 0 Å². The molecule has 0 spiro atoms. The quantitative estimate of drug-likeness (QED) is 0.0573. The molecule has 0 saturated carbocycles. The van der Waals surface area contributed by atoms with Crippen LogP contribution in [-0.4, -0.2) is 47.6 Å². The Morgan fingerprint density at radius 1 is 0.757 bits per heavy atom. The van der Waals surface area contributed by atoms with Gasteiger partial charge in [-0.25, -0.2) is 0 Å². The average molecular weight is 523 g/mol. The summed E-state index contributed by atoms with van der Waals surface area (Å²) in [6, 6.07) is 0. The summed E-state index contributed by atoms with van der Waals surface area (Å²) >= 11 is 0. The molecule has 2 atom stereocenters. The molecular formula is C31H54O6. The van der Waals surface area contributed by atoms with Gasteiger partial charge < -0.3 is 19.7 Å². The van der Waals surface area contributed by atoms with E-state index in [0.717, 1.165) is 70.6 Å². The van der Waals surface area contributed by atoms with Crippen LogP contribution in [0.3, 0.4) is 0 Å². The first-order chi connectivity index (χ1) is 18.0. The minimum absolute atomic E-state index is 0.0972. The first kappa shape index (κ1) is 35.1. The SMILES string of the molecule is CC/C=C/C/C=C/C=C/C(O)CCCCCCCC(=O)O[C@@H](CO)COC(=O)CCCCCCCCC. The van der Waals surface area contributed by atoms with Gasteiger partial charge in [-0.3, -0.25) is 9.59 Å². The first-order valence-corrected chi connectivity index (χ1v) is 14.7. The van der Waals surface area contributed by atoms with Crippen LogP contribution in [0.25, 0.3) is 0 Å². The highest BCUT2D eigenvalue weighted by Gasteiger charge is 2.16. The van der Waals surface area contributed by atoms with E-state index in [0.29, 0.717) is 6.42 Å². The lowest BCUT2D eigenvalue weighted by molar-refractivity contribution is -0.161. The fourth-order valence-electron chi connectivity index (χ4n) is 3.79. The molecule has 0 radical (unpaired) electrons. The third-order valence-electron chi connectivity index (χ3n) is 6.05. The average Bonchev–Trinajstić information content (AvgIpc) is 2.89. The van der Waals surface area contributed by atoms with Crippen molar-refractivity contribution in [3.63, 3.8) is 0 Å². The van der Waals surface area contributed by atoms with Crippen molar-refractivity contribution in [2.24, 2.45) is 0 Å². The van der Waals surface area contributed by atoms with Crippen LogP contribution < -0.4 is 0 Å². The first-order valence-electron chi connectivity index (χ1n) is 14.7. The maximum Gasteiger partial charge on any atom is 0.306 e. The molecule has 0 aliphatic heterocycles. The maximum absolute atomic E-state index is 12.0. The van der Waals surface area contributed by atoms with Crippen LogP contribution in [0, 0.1) is 0 Å². The Labute approximate surface area is 226 Å². The van der Waals surface area contributed by atoms with Gasteiger partial charge in [-0.05, 0) is 32.1 Å². The Balaban J connectivity index is 3.74. The number of aliphatic hydroxyl groups is 2. The molecule has 0 aliphatic carbocycles. The van der Waals surface area contributed by atoms with Crippen LogP contribution in [-0.2, 0) is 19.1 Å². The number of aliphatic hydroxyl groups excluding tert-OH is 2. The normalized spacial score (nSPS) is 13.5. The predicted octanol–water partition coefficient (Wildman–Crippen LogP) is 7.13. The molecule has 0 heterocycles. The van der Waals surface area contributed by atoms with Gasteiger partial charge in [0.05, 0.1) is 12.7 Å². The second-order valence-electron chi connectivity index (χ2n) is 9.65. The van der Waals surface area contributed by atoms with E-state index in [1.165, 1.54) is 25.7 Å². The predicted molar refractivity (Wildman–Crippen MR) is 151 cm³/mol. The van der Waals surface area contributed by atoms with Gasteiger partial charge in [0.25, 0.3) is 0 Å². The van der Waals surface area contributed by atoms with Crippen molar-refractivity contribution in [3.8, 4) is 0 Å². The van der Waals surface area contributed by atoms with Gasteiger partial charge in [0.2, 0.25) is 0 Å². The number of carbonyl (C=O) groups is 2. The molecule has 0 aromatic heterocycles. The Kier molecular flexibility index (Phi) is 25.7. The Morgan fingerprint density at radius 3 is 2.03 bits per heavy atom. The second kappa shape index (κ2) is 27.1. The second-order valence-corrected chi connectivity index (χ2v) is 9.65. The van der Waals surface area contributed by atoms with Crippen molar-refractivity contribution in [2.75, 3.05) is 13.2 Å². The van der Waals surface area contributed by atoms with Gasteiger partial charge in [0.15, 0.2) is 6.10 Å². The van der Waals surface area contributed by atoms with Gasteiger partial charge in [0.1, 0.15) is 6.61 Å². The number of hydrogen-bond donors (Lipinski definition) is 2. The lowest BCUT2D eigenvalue weighted by atomic mass is 10.1. The molecule has 1 unspecified atom stereocenters. The van der Waals surface area contributed by atoms with Crippen molar-refractivity contribution < 1.29 is 29.3 Å². The third-order valence-corrected chi connectivity index (χ3v) is 6.05. The molecule has 0 fully saturated rings. The molecule has 6 nitrogen and oxygen atoms in total. The van der Waals surface area contributed by atoms with Crippen molar-refractivity contribution in [1.82, 2.24) is 0 Å². The zero-order valence-corrected chi connectivity index (χ0v) is 23.6. The lowest BCUT2D eigenvalue weighted by Crippen LogP contribution is -2.28. The lowest BCUT2D eigenvalue weighted by Gasteiger charge is -2.15. The molecule has 0 aliphatic rings. The van der Waals surface area contributed by atoms with E-state index >= 15 is 0 Å². The largest absolute Gasteiger partial charge is 0.462 e. The van der Waals surface area contributed by atoms with Crippen molar-refractivity contribution in [2.45, 2.75) is 135 Å². The molecule has 0 rings (SSSR count). The van der Waals surface area contributed by atoms with Crippen molar-refractivity contribution >= 4 is 11.9 Å². The summed E-state index contributed by atoms with van der Waals surface area (Å²) in [5.74, 6) is -0.680. The molecule has 37 heavy (non-hydrogen) atoms. The zero-order valence-electron chi connectivity index (χ0n) is 23.6. The number of rotatable bonds is 25. The van der Waals surface area contributed by atoms with Crippen LogP contribution in [0.1, 0.15) is 123 Å². The zero-order chi connectivity index (χ0) is 27.4. The van der Waals surface area contributed by atoms with Crippen LogP contribution in [0.5, 0.6) is 0 Å². The Hall–Kier alpha value is -1.92. The molecule has 0 aromatic rings. The minimum Gasteiger partial charge on any atom is -0.462 e. The summed E-state index contributed by atoms with van der Waals surface area (Å²) in [6.45, 7) is 3.84. The highest BCUT2D eigenvalue weighted by atomic mass is 16.6. The van der Waals surface area contributed by atoms with Crippen LogP contribution in [0.15, 0.2) is 36.5 Å². The summed E-state index contributed by atoms with van der Waals surface area (Å²) in [7, 11) is 0. The number of hydrogen-bond acceptors (Lipinski definition) is 6. The van der Waals surface area contributed by atoms with Gasteiger partial charge in [-0.1, -0.05) is 115 Å². The van der Waals surface area contributed by atoms with Crippen molar-refractivity contribution in [3.05, 3.63) is 36.5 Å². The highest BCUT2D eigenvalue weighted by molar-refractivity contribution is 5.70. The Bertz CT molecular complexity index is 625. The van der Waals surface area contributed by atoms with E-state index in [-0.39, 0.29) is 31.6 Å². The van der Waals surface area contributed by atoms with Crippen LogP contribution in [0.2, 0.25) is 0 Å². The molecule has 214 valence electrons. The summed E-state index contributed by atoms with van der Waals surface area (Å²) in [5.41, 5.74) is 0. The summed E-state index contributed by atoms with van der Waals surface area (Å²) in [4.78, 5) is 23.9. The molecule has 0 saturated heterocycles. The molecule has 6 heteroatoms. The fraction of sp³-hybridized carbons (Fsp3) is 0.742. The van der Waals surface area contributed by atoms with Crippen LogP contribution >= 0.6 is 0 Å². The monoisotopic (exact) mass is 522 g/mol. The van der Waals surface area contributed by atoms with Gasteiger partial charge in [-0.15, -0.1) is 0 Å². The van der Waals surface area contributed by atoms with E-state index in [1.54, 1.807) is 0 Å². The molecule has 0 bridgehead atoms. The topological polar surface area (TPSA) is 93.1 Å². The fourth-order valence-corrected chi connectivity index (χ4v) is 3.79. The number of carbonyl (C=O) groups excluding carboxylic acids is 2. The summed E-state index contributed by atoms with van der Waals surface area (Å²) in [6.07, 6.45) is 26.6. The van der Waals surface area contributed by atoms with Gasteiger partial charge in [0, 0.05) is 12.8 Å². The van der Waals surface area contributed by atoms with E-state index in [9.17, 15) is 19.8 Å². The molecule has 2 N–H and O–H groups in total. The maximum atomic E-state index is 12.0. The van der Waals surface area contributed by atoms with Crippen molar-refractivity contribution in [1.29, 1.82) is 0 Å². The summed E-state index contributed by atoms with van der Waals surface area (Å²) in [5, 5.41) is 19.4. The van der Waals surface area contributed by atoms with E-state index < -0.39 is 12.2 Å². The Morgan fingerprint density at radius 2 is 1.38 bits per heavy atom. The number of allylic oxidation sites excluding steroid dienone is 5. The minimum atomic E-state index is -0.803. The number of esters is 2. The summed E-state index contributed by atoms with van der Waals surface area (Å²) < 4.78 is 10.4. The third kappa shape index (κ3) is 25.5. The van der Waals surface area contributed by atoms with Gasteiger partial charge >= 0.3 is 11.9 Å². The molecule has 0 amide bonds. The smallest absolute Gasteiger partial charge is 0.306 e. The van der Waals surface area contributed by atoms with E-state index in [1.807, 2.05) is 18.2 Å². The standard InChI is InChI=1S/C31H54O6/c1-3-5-7-9-11-14-18-22-28(33)23-19-15-13-17-21-25-31(35)37-29(26-32)27-36-30(34)24-20-16-12-10-8-6-4-2/h5,7,11,14,18,22,28-29,32-33H,3-4,6,8-10,12-13,15-17,19-21,23-27H2,1-2H3/b7-5+,14-11+,22-18+/t28?,29-/m0/s1. The van der Waals surface area contributed by atoms with Crippen LogP contribution in [0.4, 0.5) is 0 Å². The number of unbranched alkanes of at least 4 members (excludes halogenated alkanes) is 10. The molecule has 0 aromatic carbocycles. The molecular weight excluding hydrogens is 468 g/mol. The highest BCUT2D eigenvalue weighted by Crippen LogP contribution is 2.11. The van der Waals surface area contributed by atoms with E-state index in [4.69, 9.17) is 9.47 Å². The van der Waals surface area contributed by atoms with E-state index in [2.05, 4.69) is 32.1 Å². The number of ether oxygens (including phenoxy) is 2.